The number of hydrogen-bond donors (Lipinski definition) is 1. The highest BCUT2D eigenvalue weighted by Gasteiger charge is 2.15. The number of methoxy groups -OCH3 is 1. The van der Waals surface area contributed by atoms with Crippen LogP contribution < -0.4 is 10.2 Å². The van der Waals surface area contributed by atoms with Gasteiger partial charge >= 0.3 is 5.97 Å². The van der Waals surface area contributed by atoms with Gasteiger partial charge in [0.2, 0.25) is 0 Å². The Hall–Kier alpha value is -2.48. The van der Waals surface area contributed by atoms with E-state index in [1.54, 1.807) is 12.3 Å². The zero-order valence-corrected chi connectivity index (χ0v) is 14.8. The Labute approximate surface area is 150 Å². The van der Waals surface area contributed by atoms with Crippen LogP contribution in [0.4, 0.5) is 10.9 Å². The largest absolute Gasteiger partial charge is 0.465 e. The third-order valence-corrected chi connectivity index (χ3v) is 4.95. The van der Waals surface area contributed by atoms with Gasteiger partial charge in [0.25, 0.3) is 5.91 Å². The van der Waals surface area contributed by atoms with Crippen LogP contribution in [0.2, 0.25) is 0 Å². The molecule has 25 heavy (non-hydrogen) atoms. The lowest BCUT2D eigenvalue weighted by molar-refractivity contribution is 0.0606. The summed E-state index contributed by atoms with van der Waals surface area (Å²) >= 11 is 1.07. The summed E-state index contributed by atoms with van der Waals surface area (Å²) in [5.74, 6) is 0.128. The number of nitrogens with one attached hydrogen (secondary N) is 1. The van der Waals surface area contributed by atoms with Crippen LogP contribution in [0.25, 0.3) is 0 Å². The molecule has 0 atom stereocenters. The van der Waals surface area contributed by atoms with E-state index in [9.17, 15) is 9.59 Å². The molecule has 1 amide bonds. The molecule has 132 valence electrons. The van der Waals surface area contributed by atoms with Crippen molar-refractivity contribution in [1.82, 2.24) is 9.97 Å². The molecule has 3 heterocycles. The first-order valence-electron chi connectivity index (χ1n) is 8.24. The number of rotatable bonds is 4. The van der Waals surface area contributed by atoms with Crippen LogP contribution in [0, 0.1) is 0 Å². The molecule has 0 unspecified atom stereocenters. The number of hydrogen-bond acceptors (Lipinski definition) is 7. The molecule has 0 aliphatic carbocycles. The molecule has 1 saturated heterocycles. The summed E-state index contributed by atoms with van der Waals surface area (Å²) in [4.78, 5) is 34.7. The van der Waals surface area contributed by atoms with Gasteiger partial charge in [-0.2, -0.15) is 0 Å². The van der Waals surface area contributed by atoms with E-state index in [4.69, 9.17) is 0 Å². The predicted molar refractivity (Wildman–Crippen MR) is 96.3 cm³/mol. The van der Waals surface area contributed by atoms with E-state index in [1.165, 1.54) is 39.0 Å². The Balaban J connectivity index is 1.64. The number of ether oxygens (including phenoxy) is 1. The maximum Gasteiger partial charge on any atom is 0.349 e. The van der Waals surface area contributed by atoms with Gasteiger partial charge in [0, 0.05) is 19.3 Å². The molecular weight excluding hydrogens is 340 g/mol. The predicted octanol–water partition coefficient (Wildman–Crippen LogP) is 2.96. The lowest BCUT2D eigenvalue weighted by Gasteiger charge is -2.21. The zero-order valence-electron chi connectivity index (χ0n) is 14.0. The van der Waals surface area contributed by atoms with Crippen molar-refractivity contribution in [3.8, 4) is 0 Å². The van der Waals surface area contributed by atoms with Gasteiger partial charge in [-0.25, -0.2) is 14.8 Å². The number of aromatic nitrogens is 2. The van der Waals surface area contributed by atoms with Crippen LogP contribution in [0.1, 0.15) is 45.7 Å². The maximum atomic E-state index is 12.3. The van der Waals surface area contributed by atoms with E-state index in [2.05, 4.69) is 24.9 Å². The Bertz CT molecular complexity index is 737. The molecular formula is C17H20N4O3S. The van der Waals surface area contributed by atoms with Gasteiger partial charge in [-0.05, 0) is 25.0 Å². The van der Waals surface area contributed by atoms with Crippen molar-refractivity contribution in [3.63, 3.8) is 0 Å². The third-order valence-electron chi connectivity index (χ3n) is 4.05. The summed E-state index contributed by atoms with van der Waals surface area (Å²) in [6, 6.07) is 3.64. The maximum absolute atomic E-state index is 12.3. The van der Waals surface area contributed by atoms with Gasteiger partial charge in [-0.15, -0.1) is 0 Å². The van der Waals surface area contributed by atoms with Crippen LogP contribution in [-0.4, -0.2) is 42.0 Å². The Kier molecular flexibility index (Phi) is 5.60. The Morgan fingerprint density at radius 1 is 1.12 bits per heavy atom. The molecule has 2 aromatic heterocycles. The summed E-state index contributed by atoms with van der Waals surface area (Å²) in [5, 5.41) is 3.02. The molecule has 3 rings (SSSR count). The van der Waals surface area contributed by atoms with Gasteiger partial charge < -0.3 is 9.64 Å². The number of thiazole rings is 1. The molecule has 1 aliphatic heterocycles. The molecule has 1 aliphatic rings. The molecule has 0 spiro atoms. The summed E-state index contributed by atoms with van der Waals surface area (Å²) < 4.78 is 4.62. The van der Waals surface area contributed by atoms with E-state index in [-0.39, 0.29) is 5.91 Å². The molecule has 0 aromatic carbocycles. The fourth-order valence-electron chi connectivity index (χ4n) is 2.70. The lowest BCUT2D eigenvalue weighted by atomic mass is 10.2. The van der Waals surface area contributed by atoms with Crippen LogP contribution in [0.3, 0.4) is 0 Å². The van der Waals surface area contributed by atoms with E-state index in [1.807, 2.05) is 6.07 Å². The summed E-state index contributed by atoms with van der Waals surface area (Å²) in [6.07, 6.45) is 7.83. The first kappa shape index (κ1) is 17.3. The SMILES string of the molecule is COC(=O)c1cnc(NC(=O)c2ccc(N3CCCCCC3)nc2)s1. The minimum absolute atomic E-state index is 0.305. The summed E-state index contributed by atoms with van der Waals surface area (Å²) in [5.41, 5.74) is 0.452. The molecule has 0 saturated carbocycles. The van der Waals surface area contributed by atoms with Gasteiger partial charge in [0.15, 0.2) is 5.13 Å². The number of esters is 1. The highest BCUT2D eigenvalue weighted by Crippen LogP contribution is 2.21. The highest BCUT2D eigenvalue weighted by molar-refractivity contribution is 7.17. The second-order valence-corrected chi connectivity index (χ2v) is 6.81. The number of nitrogens with zero attached hydrogens (tertiary/aromatic N) is 3. The first-order chi connectivity index (χ1) is 12.2. The molecule has 8 heteroatoms. The second kappa shape index (κ2) is 8.06. The van der Waals surface area contributed by atoms with Crippen LogP contribution in [0.15, 0.2) is 24.5 Å². The molecule has 0 bridgehead atoms. The van der Waals surface area contributed by atoms with Gasteiger partial charge in [-0.3, -0.25) is 10.1 Å². The van der Waals surface area contributed by atoms with E-state index in [0.717, 1.165) is 30.2 Å². The topological polar surface area (TPSA) is 84.4 Å². The molecule has 2 aromatic rings. The highest BCUT2D eigenvalue weighted by atomic mass is 32.1. The van der Waals surface area contributed by atoms with Gasteiger partial charge in [0.05, 0.1) is 18.9 Å². The van der Waals surface area contributed by atoms with Gasteiger partial charge in [0.1, 0.15) is 10.7 Å². The Morgan fingerprint density at radius 2 is 1.88 bits per heavy atom. The van der Waals surface area contributed by atoms with Crippen molar-refractivity contribution in [2.24, 2.45) is 0 Å². The van der Waals surface area contributed by atoms with Crippen molar-refractivity contribution in [2.75, 3.05) is 30.4 Å². The number of anilines is 2. The normalized spacial score (nSPS) is 14.7. The number of pyridine rings is 1. The standard InChI is InChI=1S/C17H20N4O3S/c1-24-16(23)13-11-19-17(25-13)20-15(22)12-6-7-14(18-10-12)21-8-4-2-3-5-9-21/h6-7,10-11H,2-5,8-9H2,1H3,(H,19,20,22). The minimum atomic E-state index is -0.471. The van der Waals surface area contributed by atoms with Gasteiger partial charge in [-0.1, -0.05) is 24.2 Å². The van der Waals surface area contributed by atoms with E-state index >= 15 is 0 Å². The molecule has 0 radical (unpaired) electrons. The summed E-state index contributed by atoms with van der Waals surface area (Å²) in [7, 11) is 1.30. The van der Waals surface area contributed by atoms with Crippen LogP contribution in [-0.2, 0) is 4.74 Å². The fraction of sp³-hybridized carbons (Fsp3) is 0.412. The van der Waals surface area contributed by atoms with Crippen molar-refractivity contribution in [2.45, 2.75) is 25.7 Å². The first-order valence-corrected chi connectivity index (χ1v) is 9.05. The van der Waals surface area contributed by atoms with E-state index in [0.29, 0.717) is 15.6 Å². The quantitative estimate of drug-likeness (QED) is 0.844. The third kappa shape index (κ3) is 4.33. The van der Waals surface area contributed by atoms with Crippen molar-refractivity contribution < 1.29 is 14.3 Å². The average molecular weight is 360 g/mol. The minimum Gasteiger partial charge on any atom is -0.465 e. The monoisotopic (exact) mass is 360 g/mol. The molecule has 7 nitrogen and oxygen atoms in total. The smallest absolute Gasteiger partial charge is 0.349 e. The molecule has 1 fully saturated rings. The zero-order chi connectivity index (χ0) is 17.6. The molecule has 1 N–H and O–H groups in total. The number of amides is 1. The number of carbonyl (C=O) groups excluding carboxylic acids is 2. The number of carbonyl (C=O) groups is 2. The lowest BCUT2D eigenvalue weighted by Crippen LogP contribution is -2.25. The average Bonchev–Trinajstić information content (AvgIpc) is 2.93. The summed E-state index contributed by atoms with van der Waals surface area (Å²) in [6.45, 7) is 2.02. The van der Waals surface area contributed by atoms with E-state index < -0.39 is 5.97 Å². The fourth-order valence-corrected chi connectivity index (χ4v) is 3.43. The van der Waals surface area contributed by atoms with Crippen LogP contribution >= 0.6 is 11.3 Å². The Morgan fingerprint density at radius 3 is 2.52 bits per heavy atom. The second-order valence-electron chi connectivity index (χ2n) is 5.78. The van der Waals surface area contributed by atoms with Crippen LogP contribution in [0.5, 0.6) is 0 Å². The van der Waals surface area contributed by atoms with Crippen molar-refractivity contribution in [1.29, 1.82) is 0 Å². The van der Waals surface area contributed by atoms with Crippen molar-refractivity contribution in [3.05, 3.63) is 35.0 Å². The van der Waals surface area contributed by atoms with Crippen molar-refractivity contribution >= 4 is 34.2 Å².